The van der Waals surface area contributed by atoms with Crippen LogP contribution < -0.4 is 15.5 Å². The van der Waals surface area contributed by atoms with Crippen molar-refractivity contribution >= 4 is 34.0 Å². The summed E-state index contributed by atoms with van der Waals surface area (Å²) >= 11 is 0. The summed E-state index contributed by atoms with van der Waals surface area (Å²) in [6.45, 7) is 0.477. The summed E-state index contributed by atoms with van der Waals surface area (Å²) < 4.78 is 0. The average Bonchev–Trinajstić information content (AvgIpc) is 2.87. The monoisotopic (exact) mass is 467 g/mol. The molecular weight excluding hydrogens is 442 g/mol. The molecule has 0 aliphatic carbocycles. The standard InChI is InChI=1S/C27H25N5O3/c1-32(2)20-11-12-23-21(14-20)24(29-16-17-7-4-3-5-8-17)22(15-28)25(30-23)31-26(33)18-9-6-10-19(13-18)27(34)35/h3-14,27,34-35H,16H2,1-2H3,(H2,29,30,31,33). The van der Waals surface area contributed by atoms with Gasteiger partial charge in [-0.05, 0) is 35.9 Å². The number of carbonyl (C=O) groups is 1. The predicted molar refractivity (Wildman–Crippen MR) is 136 cm³/mol. The fraction of sp³-hybridized carbons (Fsp3) is 0.148. The van der Waals surface area contributed by atoms with Gasteiger partial charge in [0.1, 0.15) is 11.6 Å². The number of nitriles is 1. The van der Waals surface area contributed by atoms with Crippen LogP contribution in [-0.4, -0.2) is 35.2 Å². The summed E-state index contributed by atoms with van der Waals surface area (Å²) in [5, 5.41) is 35.8. The number of fused-ring (bicyclic) bond motifs is 1. The van der Waals surface area contributed by atoms with Crippen LogP contribution in [0.25, 0.3) is 10.9 Å². The van der Waals surface area contributed by atoms with Crippen molar-refractivity contribution in [3.63, 3.8) is 0 Å². The SMILES string of the molecule is CN(C)c1ccc2nc(NC(=O)c3cccc(C(O)O)c3)c(C#N)c(NCc3ccccc3)c2c1. The quantitative estimate of drug-likeness (QED) is 0.303. The van der Waals surface area contributed by atoms with Gasteiger partial charge in [-0.15, -0.1) is 0 Å². The minimum atomic E-state index is -1.70. The summed E-state index contributed by atoms with van der Waals surface area (Å²) in [5.74, 6) is -0.400. The minimum Gasteiger partial charge on any atom is -0.379 e. The number of anilines is 3. The number of nitrogens with one attached hydrogen (secondary N) is 2. The maximum absolute atomic E-state index is 13.0. The molecule has 4 rings (SSSR count). The van der Waals surface area contributed by atoms with Gasteiger partial charge in [0.05, 0.1) is 11.2 Å². The van der Waals surface area contributed by atoms with Crippen LogP contribution in [0.2, 0.25) is 0 Å². The summed E-state index contributed by atoms with van der Waals surface area (Å²) in [6, 6.07) is 23.7. The first kappa shape index (κ1) is 23.7. The van der Waals surface area contributed by atoms with Gasteiger partial charge in [0.2, 0.25) is 0 Å². The van der Waals surface area contributed by atoms with E-state index < -0.39 is 12.2 Å². The van der Waals surface area contributed by atoms with E-state index in [4.69, 9.17) is 0 Å². The predicted octanol–water partition coefficient (Wildman–Crippen LogP) is 4.02. The molecule has 8 heteroatoms. The Hall–Kier alpha value is -4.45. The van der Waals surface area contributed by atoms with Crippen LogP contribution >= 0.6 is 0 Å². The molecule has 0 saturated heterocycles. The van der Waals surface area contributed by atoms with E-state index in [-0.39, 0.29) is 22.5 Å². The van der Waals surface area contributed by atoms with Crippen LogP contribution in [0.4, 0.5) is 17.2 Å². The number of aliphatic hydroxyl groups excluding tert-OH is 1. The van der Waals surface area contributed by atoms with Crippen LogP contribution in [0, 0.1) is 11.3 Å². The molecule has 0 bridgehead atoms. The van der Waals surface area contributed by atoms with E-state index in [1.54, 1.807) is 12.1 Å². The van der Waals surface area contributed by atoms with Crippen molar-refractivity contribution in [3.8, 4) is 6.07 Å². The van der Waals surface area contributed by atoms with Crippen molar-refractivity contribution in [2.75, 3.05) is 29.6 Å². The number of aliphatic hydroxyl groups is 2. The zero-order valence-electron chi connectivity index (χ0n) is 19.4. The average molecular weight is 468 g/mol. The van der Waals surface area contributed by atoms with Crippen molar-refractivity contribution in [2.24, 2.45) is 0 Å². The van der Waals surface area contributed by atoms with Crippen LogP contribution in [0.5, 0.6) is 0 Å². The molecule has 4 aromatic rings. The lowest BCUT2D eigenvalue weighted by molar-refractivity contribution is -0.0425. The largest absolute Gasteiger partial charge is 0.379 e. The van der Waals surface area contributed by atoms with E-state index in [1.165, 1.54) is 12.1 Å². The van der Waals surface area contributed by atoms with Gasteiger partial charge in [0.15, 0.2) is 12.1 Å². The summed E-state index contributed by atoms with van der Waals surface area (Å²) in [6.07, 6.45) is -1.70. The van der Waals surface area contributed by atoms with E-state index in [1.807, 2.05) is 67.5 Å². The number of nitrogens with zero attached hydrogens (tertiary/aromatic N) is 3. The number of rotatable bonds is 7. The number of pyridine rings is 1. The Morgan fingerprint density at radius 2 is 1.83 bits per heavy atom. The van der Waals surface area contributed by atoms with Gasteiger partial charge in [-0.25, -0.2) is 4.98 Å². The fourth-order valence-corrected chi connectivity index (χ4v) is 3.72. The lowest BCUT2D eigenvalue weighted by Gasteiger charge is -2.18. The Balaban J connectivity index is 1.78. The molecule has 35 heavy (non-hydrogen) atoms. The van der Waals surface area contributed by atoms with Crippen molar-refractivity contribution in [1.82, 2.24) is 4.98 Å². The normalized spacial score (nSPS) is 10.7. The molecule has 176 valence electrons. The molecule has 8 nitrogen and oxygen atoms in total. The topological polar surface area (TPSA) is 122 Å². The highest BCUT2D eigenvalue weighted by Crippen LogP contribution is 2.34. The van der Waals surface area contributed by atoms with E-state index in [9.17, 15) is 20.3 Å². The van der Waals surface area contributed by atoms with Gasteiger partial charge in [0, 0.05) is 42.8 Å². The van der Waals surface area contributed by atoms with Crippen LogP contribution in [0.1, 0.15) is 33.3 Å². The smallest absolute Gasteiger partial charge is 0.256 e. The molecule has 0 aliphatic heterocycles. The van der Waals surface area contributed by atoms with Gasteiger partial charge in [-0.3, -0.25) is 4.79 Å². The third-order valence-corrected chi connectivity index (χ3v) is 5.59. The number of hydrogen-bond acceptors (Lipinski definition) is 7. The maximum Gasteiger partial charge on any atom is 0.256 e. The number of amides is 1. The van der Waals surface area contributed by atoms with Gasteiger partial charge < -0.3 is 25.7 Å². The highest BCUT2D eigenvalue weighted by Gasteiger charge is 2.19. The Bertz CT molecular complexity index is 1410. The molecule has 0 aliphatic rings. The lowest BCUT2D eigenvalue weighted by atomic mass is 10.1. The van der Waals surface area contributed by atoms with E-state index >= 15 is 0 Å². The van der Waals surface area contributed by atoms with Crippen LogP contribution in [0.3, 0.4) is 0 Å². The number of aromatic nitrogens is 1. The van der Waals surface area contributed by atoms with Gasteiger partial charge >= 0.3 is 0 Å². The first-order chi connectivity index (χ1) is 16.9. The first-order valence-electron chi connectivity index (χ1n) is 11.0. The highest BCUT2D eigenvalue weighted by atomic mass is 16.5. The van der Waals surface area contributed by atoms with E-state index in [0.29, 0.717) is 17.7 Å². The molecular formula is C27H25N5O3. The zero-order chi connectivity index (χ0) is 24.9. The van der Waals surface area contributed by atoms with Gasteiger partial charge in [-0.2, -0.15) is 5.26 Å². The summed E-state index contributed by atoms with van der Waals surface area (Å²) in [7, 11) is 3.87. The molecule has 1 aromatic heterocycles. The molecule has 0 saturated carbocycles. The third-order valence-electron chi connectivity index (χ3n) is 5.59. The second-order valence-corrected chi connectivity index (χ2v) is 8.21. The zero-order valence-corrected chi connectivity index (χ0v) is 19.4. The van der Waals surface area contributed by atoms with E-state index in [2.05, 4.69) is 21.7 Å². The molecule has 3 aromatic carbocycles. The molecule has 4 N–H and O–H groups in total. The molecule has 0 radical (unpaired) electrons. The Morgan fingerprint density at radius 1 is 1.06 bits per heavy atom. The fourth-order valence-electron chi connectivity index (χ4n) is 3.72. The van der Waals surface area contributed by atoms with Gasteiger partial charge in [-0.1, -0.05) is 42.5 Å². The van der Waals surface area contributed by atoms with Crippen molar-refractivity contribution in [3.05, 3.63) is 95.1 Å². The van der Waals surface area contributed by atoms with Crippen molar-refractivity contribution < 1.29 is 15.0 Å². The Kier molecular flexibility index (Phi) is 6.92. The van der Waals surface area contributed by atoms with Crippen molar-refractivity contribution in [1.29, 1.82) is 5.26 Å². The maximum atomic E-state index is 13.0. The molecule has 0 unspecified atom stereocenters. The lowest BCUT2D eigenvalue weighted by Crippen LogP contribution is -2.16. The Morgan fingerprint density at radius 3 is 2.51 bits per heavy atom. The summed E-state index contributed by atoms with van der Waals surface area (Å²) in [5.41, 5.74) is 3.77. The van der Waals surface area contributed by atoms with E-state index in [0.717, 1.165) is 16.6 Å². The van der Waals surface area contributed by atoms with Gasteiger partial charge in [0.25, 0.3) is 5.91 Å². The molecule has 1 heterocycles. The molecule has 1 amide bonds. The first-order valence-corrected chi connectivity index (χ1v) is 11.0. The highest BCUT2D eigenvalue weighted by molar-refractivity contribution is 6.07. The third kappa shape index (κ3) is 5.22. The number of hydrogen-bond donors (Lipinski definition) is 4. The molecule has 0 fully saturated rings. The van der Waals surface area contributed by atoms with Crippen LogP contribution in [0.15, 0.2) is 72.8 Å². The second-order valence-electron chi connectivity index (χ2n) is 8.21. The van der Waals surface area contributed by atoms with Crippen LogP contribution in [-0.2, 0) is 6.54 Å². The Labute approximate surface area is 203 Å². The second kappa shape index (κ2) is 10.2. The summed E-state index contributed by atoms with van der Waals surface area (Å²) in [4.78, 5) is 19.5. The molecule has 0 atom stereocenters. The number of benzene rings is 3. The number of carbonyl (C=O) groups excluding carboxylic acids is 1. The van der Waals surface area contributed by atoms with Crippen molar-refractivity contribution in [2.45, 2.75) is 12.8 Å². The minimum absolute atomic E-state index is 0.119. The molecule has 0 spiro atoms.